The summed E-state index contributed by atoms with van der Waals surface area (Å²) in [4.78, 5) is 18.0. The molecule has 0 saturated carbocycles. The molecule has 1 atom stereocenters. The van der Waals surface area contributed by atoms with Crippen LogP contribution in [0.4, 0.5) is 4.39 Å². The molecule has 2 aromatic rings. The number of hydrogen-bond acceptors (Lipinski definition) is 3. The van der Waals surface area contributed by atoms with Crippen molar-refractivity contribution in [3.05, 3.63) is 59.9 Å². The van der Waals surface area contributed by atoms with Gasteiger partial charge in [-0.05, 0) is 64.0 Å². The number of carbonyl (C=O) groups is 1. The topological polar surface area (TPSA) is 23.6 Å². The third-order valence-corrected chi connectivity index (χ3v) is 6.37. The molecule has 0 aliphatic carbocycles. The van der Waals surface area contributed by atoms with E-state index in [1.165, 1.54) is 18.9 Å². The Morgan fingerprint density at radius 3 is 2.46 bits per heavy atom. The molecule has 2 fully saturated rings. The zero-order valence-electron chi connectivity index (χ0n) is 16.6. The minimum Gasteiger partial charge on any atom is -0.306 e. The molecule has 3 nitrogen and oxygen atoms in total. The second-order valence-corrected chi connectivity index (χ2v) is 8.29. The number of Topliss-reactive ketones (excluding diaryl/α,β-unsaturated/α-hetero) is 1. The van der Waals surface area contributed by atoms with E-state index >= 15 is 0 Å². The lowest BCUT2D eigenvalue weighted by molar-refractivity contribution is 0.0629. The van der Waals surface area contributed by atoms with Crippen molar-refractivity contribution in [2.75, 3.05) is 33.2 Å². The van der Waals surface area contributed by atoms with E-state index in [9.17, 15) is 9.18 Å². The molecule has 0 amide bonds. The molecule has 4 rings (SSSR count). The Labute approximate surface area is 167 Å². The van der Waals surface area contributed by atoms with Crippen molar-refractivity contribution in [1.82, 2.24) is 9.80 Å². The van der Waals surface area contributed by atoms with Crippen molar-refractivity contribution in [3.8, 4) is 11.1 Å². The summed E-state index contributed by atoms with van der Waals surface area (Å²) in [5.74, 6) is -0.244. The summed E-state index contributed by atoms with van der Waals surface area (Å²) >= 11 is 0. The van der Waals surface area contributed by atoms with Crippen LogP contribution in [-0.4, -0.2) is 54.9 Å². The van der Waals surface area contributed by atoms with Gasteiger partial charge in [0, 0.05) is 29.6 Å². The van der Waals surface area contributed by atoms with E-state index in [2.05, 4.69) is 16.8 Å². The van der Waals surface area contributed by atoms with Gasteiger partial charge in [-0.2, -0.15) is 0 Å². The van der Waals surface area contributed by atoms with Crippen LogP contribution in [0, 0.1) is 11.7 Å². The van der Waals surface area contributed by atoms with Crippen LogP contribution < -0.4 is 0 Å². The lowest BCUT2D eigenvalue weighted by Crippen LogP contribution is -2.48. The Hall–Kier alpha value is -2.04. The maximum absolute atomic E-state index is 14.7. The maximum Gasteiger partial charge on any atom is 0.167 e. The molecule has 2 saturated heterocycles. The van der Waals surface area contributed by atoms with E-state index in [0.717, 1.165) is 44.6 Å². The molecule has 2 heterocycles. The van der Waals surface area contributed by atoms with Crippen LogP contribution in [0.1, 0.15) is 36.0 Å². The summed E-state index contributed by atoms with van der Waals surface area (Å²) in [6, 6.07) is 15.0. The lowest BCUT2D eigenvalue weighted by atomic mass is 9.87. The third-order valence-electron chi connectivity index (χ3n) is 6.37. The maximum atomic E-state index is 14.7. The van der Waals surface area contributed by atoms with E-state index < -0.39 is 0 Å². The molecule has 0 radical (unpaired) electrons. The Bertz CT molecular complexity index is 815. The first kappa shape index (κ1) is 19.3. The van der Waals surface area contributed by atoms with Gasteiger partial charge in [-0.15, -0.1) is 0 Å². The van der Waals surface area contributed by atoms with Crippen molar-refractivity contribution in [3.63, 3.8) is 0 Å². The molecule has 0 unspecified atom stereocenters. The standard InChI is InChI=1S/C24H29FN2O/c1-26-14-11-21(12-15-26)27-13-5-8-20(17-27)24(28)19-9-10-22(23(25)16-19)18-6-3-2-4-7-18/h2-4,6-7,9-10,16,20-21H,5,8,11-15,17H2,1H3/t20-/m1/s1. The minimum atomic E-state index is -0.319. The Morgan fingerprint density at radius 1 is 1.00 bits per heavy atom. The predicted molar refractivity (Wildman–Crippen MR) is 111 cm³/mol. The number of halogens is 1. The molecule has 2 aliphatic heterocycles. The van der Waals surface area contributed by atoms with E-state index in [1.54, 1.807) is 12.1 Å². The van der Waals surface area contributed by atoms with Gasteiger partial charge in [-0.3, -0.25) is 9.69 Å². The van der Waals surface area contributed by atoms with E-state index in [-0.39, 0.29) is 17.5 Å². The highest BCUT2D eigenvalue weighted by Gasteiger charge is 2.31. The second kappa shape index (κ2) is 8.54. The van der Waals surface area contributed by atoms with Crippen molar-refractivity contribution in [1.29, 1.82) is 0 Å². The summed E-state index contributed by atoms with van der Waals surface area (Å²) in [7, 11) is 2.17. The van der Waals surface area contributed by atoms with Gasteiger partial charge < -0.3 is 4.90 Å². The smallest absolute Gasteiger partial charge is 0.167 e. The fourth-order valence-electron chi connectivity index (χ4n) is 4.67. The number of rotatable bonds is 4. The largest absolute Gasteiger partial charge is 0.306 e. The Morgan fingerprint density at radius 2 is 1.75 bits per heavy atom. The fourth-order valence-corrected chi connectivity index (χ4v) is 4.67. The number of carbonyl (C=O) groups excluding carboxylic acids is 1. The van der Waals surface area contributed by atoms with E-state index in [1.807, 2.05) is 30.3 Å². The molecule has 2 aliphatic rings. The molecule has 0 aromatic heterocycles. The molecular weight excluding hydrogens is 351 g/mol. The molecular formula is C24H29FN2O. The highest BCUT2D eigenvalue weighted by atomic mass is 19.1. The first-order chi connectivity index (χ1) is 13.6. The van der Waals surface area contributed by atoms with Crippen LogP contribution in [-0.2, 0) is 0 Å². The number of nitrogens with zero attached hydrogens (tertiary/aromatic N) is 2. The number of ketones is 1. The van der Waals surface area contributed by atoms with Crippen LogP contribution >= 0.6 is 0 Å². The summed E-state index contributed by atoms with van der Waals surface area (Å²) in [5, 5.41) is 0. The number of piperidine rings is 2. The predicted octanol–water partition coefficient (Wildman–Crippen LogP) is 4.48. The van der Waals surface area contributed by atoms with Gasteiger partial charge in [0.05, 0.1) is 0 Å². The second-order valence-electron chi connectivity index (χ2n) is 8.29. The highest BCUT2D eigenvalue weighted by molar-refractivity contribution is 5.98. The molecule has 0 spiro atoms. The van der Waals surface area contributed by atoms with Crippen LogP contribution in [0.5, 0.6) is 0 Å². The number of benzene rings is 2. The zero-order chi connectivity index (χ0) is 19.5. The summed E-state index contributed by atoms with van der Waals surface area (Å²) in [6.07, 6.45) is 4.31. The average Bonchev–Trinajstić information content (AvgIpc) is 2.74. The SMILES string of the molecule is CN1CCC(N2CCC[C@@H](C(=O)c3ccc(-c4ccccc4)c(F)c3)C2)CC1. The Kier molecular flexibility index (Phi) is 5.88. The van der Waals surface area contributed by atoms with Crippen LogP contribution in [0.3, 0.4) is 0 Å². The molecule has 2 aromatic carbocycles. The van der Waals surface area contributed by atoms with Gasteiger partial charge in [-0.1, -0.05) is 42.5 Å². The molecule has 0 bridgehead atoms. The van der Waals surface area contributed by atoms with Gasteiger partial charge in [-0.25, -0.2) is 4.39 Å². The van der Waals surface area contributed by atoms with Gasteiger partial charge in [0.25, 0.3) is 0 Å². The van der Waals surface area contributed by atoms with Crippen molar-refractivity contribution >= 4 is 5.78 Å². The summed E-state index contributed by atoms with van der Waals surface area (Å²) < 4.78 is 14.7. The van der Waals surface area contributed by atoms with Crippen molar-refractivity contribution < 1.29 is 9.18 Å². The van der Waals surface area contributed by atoms with Crippen molar-refractivity contribution in [2.24, 2.45) is 5.92 Å². The van der Waals surface area contributed by atoms with Crippen molar-refractivity contribution in [2.45, 2.75) is 31.7 Å². The number of likely N-dealkylation sites (tertiary alicyclic amines) is 2. The van der Waals surface area contributed by atoms with Gasteiger partial charge in [0.1, 0.15) is 5.82 Å². The number of hydrogen-bond donors (Lipinski definition) is 0. The molecule has 4 heteroatoms. The zero-order valence-corrected chi connectivity index (χ0v) is 16.6. The minimum absolute atomic E-state index is 0.0182. The normalized spacial score (nSPS) is 22.3. The Balaban J connectivity index is 1.46. The first-order valence-electron chi connectivity index (χ1n) is 10.4. The average molecular weight is 381 g/mol. The van der Waals surface area contributed by atoms with Gasteiger partial charge in [0.2, 0.25) is 0 Å². The molecule has 28 heavy (non-hydrogen) atoms. The molecule has 0 N–H and O–H groups in total. The van der Waals surface area contributed by atoms with E-state index in [0.29, 0.717) is 17.2 Å². The van der Waals surface area contributed by atoms with Crippen LogP contribution in [0.15, 0.2) is 48.5 Å². The quantitative estimate of drug-likeness (QED) is 0.731. The van der Waals surface area contributed by atoms with E-state index in [4.69, 9.17) is 0 Å². The summed E-state index contributed by atoms with van der Waals surface area (Å²) in [5.41, 5.74) is 1.89. The summed E-state index contributed by atoms with van der Waals surface area (Å²) in [6.45, 7) is 4.16. The van der Waals surface area contributed by atoms with Gasteiger partial charge in [0.15, 0.2) is 5.78 Å². The first-order valence-corrected chi connectivity index (χ1v) is 10.4. The molecule has 148 valence electrons. The van der Waals surface area contributed by atoms with Crippen LogP contribution in [0.2, 0.25) is 0 Å². The monoisotopic (exact) mass is 380 g/mol. The fraction of sp³-hybridized carbons (Fsp3) is 0.458. The highest BCUT2D eigenvalue weighted by Crippen LogP contribution is 2.28. The van der Waals surface area contributed by atoms with Gasteiger partial charge >= 0.3 is 0 Å². The lowest BCUT2D eigenvalue weighted by Gasteiger charge is -2.41. The van der Waals surface area contributed by atoms with Crippen LogP contribution in [0.25, 0.3) is 11.1 Å². The third kappa shape index (κ3) is 4.18.